The number of amides is 1. The summed E-state index contributed by atoms with van der Waals surface area (Å²) in [6.07, 6.45) is 5.66. The second-order valence-corrected chi connectivity index (χ2v) is 11.2. The zero-order chi connectivity index (χ0) is 27.7. The molecule has 2 N–H and O–H groups in total. The van der Waals surface area contributed by atoms with Crippen LogP contribution in [-0.4, -0.2) is 60.8 Å². The summed E-state index contributed by atoms with van der Waals surface area (Å²) in [7, 11) is 0. The molecular formula is C26H18ClF2N9OS. The standard InChI is InChI=1S/C26H18ClF2N9OS/c27-17-5-16-21(20(29)19(17)15-3-4-18(28)23-22(15)35-25(31)40-23)32-11-33-24(16)36-9-13-1-2-14(10-36)38(13)26(39)37-8-12(6-30)7-34-37/h3-5,7-8,11,13-14H,1-2,9-10H2,(H2,31,35). The van der Waals surface area contributed by atoms with Crippen LogP contribution in [0.2, 0.25) is 5.02 Å². The van der Waals surface area contributed by atoms with E-state index in [1.54, 1.807) is 11.0 Å². The SMILES string of the molecule is N#Cc1cnn(C(=O)N2C3CCC2CN(c2ncnc4c(F)c(-c5ccc(F)c6sc(N)nc56)c(Cl)cc24)C3)c1. The largest absolute Gasteiger partial charge is 0.375 e. The lowest BCUT2D eigenvalue weighted by Crippen LogP contribution is -2.57. The molecule has 2 fully saturated rings. The van der Waals surface area contributed by atoms with Gasteiger partial charge >= 0.3 is 6.03 Å². The minimum Gasteiger partial charge on any atom is -0.375 e. The average molecular weight is 578 g/mol. The zero-order valence-corrected chi connectivity index (χ0v) is 22.1. The van der Waals surface area contributed by atoms with E-state index in [4.69, 9.17) is 22.6 Å². The van der Waals surface area contributed by atoms with E-state index in [0.717, 1.165) is 24.2 Å². The summed E-state index contributed by atoms with van der Waals surface area (Å²) < 4.78 is 31.9. The van der Waals surface area contributed by atoms with E-state index in [0.29, 0.717) is 35.4 Å². The monoisotopic (exact) mass is 577 g/mol. The molecule has 10 nitrogen and oxygen atoms in total. The summed E-state index contributed by atoms with van der Waals surface area (Å²) in [5, 5.41) is 13.8. The number of nitrogens with zero attached hydrogens (tertiary/aromatic N) is 8. The molecule has 200 valence electrons. The van der Waals surface area contributed by atoms with E-state index in [1.165, 1.54) is 35.5 Å². The molecule has 3 aromatic heterocycles. The maximum Gasteiger partial charge on any atom is 0.345 e. The topological polar surface area (TPSA) is 130 Å². The summed E-state index contributed by atoms with van der Waals surface area (Å²) in [4.78, 5) is 29.9. The van der Waals surface area contributed by atoms with Gasteiger partial charge in [0, 0.05) is 29.6 Å². The van der Waals surface area contributed by atoms with Gasteiger partial charge in [-0.1, -0.05) is 22.9 Å². The van der Waals surface area contributed by atoms with Crippen molar-refractivity contribution >= 4 is 61.0 Å². The molecule has 7 rings (SSSR count). The molecule has 2 bridgehead atoms. The van der Waals surface area contributed by atoms with Gasteiger partial charge < -0.3 is 15.5 Å². The lowest BCUT2D eigenvalue weighted by atomic mass is 10.0. The average Bonchev–Trinajstić information content (AvgIpc) is 3.65. The predicted molar refractivity (Wildman–Crippen MR) is 146 cm³/mol. The summed E-state index contributed by atoms with van der Waals surface area (Å²) in [5.74, 6) is -0.663. The van der Waals surface area contributed by atoms with Crippen molar-refractivity contribution in [2.24, 2.45) is 0 Å². The Morgan fingerprint density at radius 3 is 2.67 bits per heavy atom. The number of rotatable bonds is 2. The number of halogens is 3. The van der Waals surface area contributed by atoms with Crippen LogP contribution in [0.15, 0.2) is 36.9 Å². The lowest BCUT2D eigenvalue weighted by Gasteiger charge is -2.41. The number of nitrogen functional groups attached to an aromatic ring is 1. The molecule has 1 amide bonds. The molecule has 2 aromatic carbocycles. The molecule has 0 saturated carbocycles. The second kappa shape index (κ2) is 9.07. The Morgan fingerprint density at radius 1 is 1.18 bits per heavy atom. The first-order chi connectivity index (χ1) is 19.3. The minimum absolute atomic E-state index is 0.0561. The highest BCUT2D eigenvalue weighted by atomic mass is 35.5. The maximum absolute atomic E-state index is 16.1. The van der Waals surface area contributed by atoms with Gasteiger partial charge in [0.05, 0.1) is 45.3 Å². The van der Waals surface area contributed by atoms with Crippen molar-refractivity contribution in [2.75, 3.05) is 23.7 Å². The maximum atomic E-state index is 16.1. The molecule has 2 aliphatic heterocycles. The molecule has 14 heteroatoms. The Balaban J connectivity index is 1.26. The number of carbonyl (C=O) groups excluding carboxylic acids is 1. The number of anilines is 2. The predicted octanol–water partition coefficient (Wildman–Crippen LogP) is 4.81. The number of carbonyl (C=O) groups is 1. The van der Waals surface area contributed by atoms with Crippen molar-refractivity contribution in [1.29, 1.82) is 5.26 Å². The first-order valence-corrected chi connectivity index (χ1v) is 13.5. The van der Waals surface area contributed by atoms with Crippen LogP contribution in [0.4, 0.5) is 24.5 Å². The number of hydrogen-bond acceptors (Lipinski definition) is 9. The van der Waals surface area contributed by atoms with Gasteiger partial charge in [-0.3, -0.25) is 0 Å². The van der Waals surface area contributed by atoms with Gasteiger partial charge in [0.25, 0.3) is 0 Å². The number of thiazole rings is 1. The van der Waals surface area contributed by atoms with Crippen molar-refractivity contribution in [2.45, 2.75) is 24.9 Å². The van der Waals surface area contributed by atoms with E-state index in [9.17, 15) is 9.18 Å². The van der Waals surface area contributed by atoms with E-state index in [1.807, 2.05) is 11.0 Å². The number of piperazine rings is 1. The number of nitriles is 1. The Bertz CT molecular complexity index is 1890. The third kappa shape index (κ3) is 3.67. The van der Waals surface area contributed by atoms with E-state index in [-0.39, 0.29) is 49.6 Å². The smallest absolute Gasteiger partial charge is 0.345 e. The summed E-state index contributed by atoms with van der Waals surface area (Å²) >= 11 is 7.65. The van der Waals surface area contributed by atoms with Crippen molar-refractivity contribution in [1.82, 2.24) is 29.6 Å². The minimum atomic E-state index is -0.672. The van der Waals surface area contributed by atoms with Crippen LogP contribution >= 0.6 is 22.9 Å². The van der Waals surface area contributed by atoms with Crippen LogP contribution in [0.25, 0.3) is 32.2 Å². The van der Waals surface area contributed by atoms with Crippen LogP contribution < -0.4 is 10.6 Å². The van der Waals surface area contributed by atoms with Crippen molar-refractivity contribution in [3.63, 3.8) is 0 Å². The van der Waals surface area contributed by atoms with Gasteiger partial charge in [-0.25, -0.2) is 28.5 Å². The van der Waals surface area contributed by atoms with Gasteiger partial charge in [0.2, 0.25) is 0 Å². The number of hydrogen-bond donors (Lipinski definition) is 1. The van der Waals surface area contributed by atoms with Crippen LogP contribution in [0.1, 0.15) is 18.4 Å². The molecule has 0 spiro atoms. The van der Waals surface area contributed by atoms with Crippen molar-refractivity contribution in [3.8, 4) is 17.2 Å². The summed E-state index contributed by atoms with van der Waals surface area (Å²) in [6.45, 7) is 0.941. The molecule has 5 heterocycles. The van der Waals surface area contributed by atoms with Crippen LogP contribution in [0.3, 0.4) is 0 Å². The molecule has 2 unspecified atom stereocenters. The Hall–Kier alpha value is -4.41. The normalized spacial score (nSPS) is 18.6. The molecule has 2 saturated heterocycles. The Labute approximate surface area is 234 Å². The highest BCUT2D eigenvalue weighted by molar-refractivity contribution is 7.22. The number of nitrogens with two attached hydrogens (primary N) is 1. The third-order valence-electron chi connectivity index (χ3n) is 7.49. The molecule has 0 aliphatic carbocycles. The molecule has 2 aliphatic rings. The van der Waals surface area contributed by atoms with Crippen LogP contribution in [0.5, 0.6) is 0 Å². The summed E-state index contributed by atoms with van der Waals surface area (Å²) in [5.41, 5.74) is 6.80. The fourth-order valence-electron chi connectivity index (χ4n) is 5.80. The number of aromatic nitrogens is 5. The first kappa shape index (κ1) is 24.6. The van der Waals surface area contributed by atoms with Gasteiger partial charge in [-0.2, -0.15) is 15.0 Å². The fraction of sp³-hybridized carbons (Fsp3) is 0.231. The second-order valence-electron chi connectivity index (χ2n) is 9.73. The molecule has 5 aromatic rings. The highest BCUT2D eigenvalue weighted by Crippen LogP contribution is 2.43. The van der Waals surface area contributed by atoms with Gasteiger partial charge in [-0.15, -0.1) is 0 Å². The Kier molecular flexibility index (Phi) is 5.58. The van der Waals surface area contributed by atoms with E-state index >= 15 is 4.39 Å². The Morgan fingerprint density at radius 2 is 1.95 bits per heavy atom. The number of fused-ring (bicyclic) bond motifs is 4. The lowest BCUT2D eigenvalue weighted by molar-refractivity contribution is 0.160. The fourth-order valence-corrected chi connectivity index (χ4v) is 6.86. The molecular weight excluding hydrogens is 560 g/mol. The van der Waals surface area contributed by atoms with Gasteiger partial charge in [-0.05, 0) is 31.0 Å². The number of benzene rings is 2. The van der Waals surface area contributed by atoms with Crippen molar-refractivity contribution in [3.05, 3.63) is 59.1 Å². The first-order valence-electron chi connectivity index (χ1n) is 12.3. The van der Waals surface area contributed by atoms with E-state index < -0.39 is 11.6 Å². The molecule has 2 atom stereocenters. The van der Waals surface area contributed by atoms with Crippen LogP contribution in [-0.2, 0) is 0 Å². The quantitative estimate of drug-likeness (QED) is 0.316. The van der Waals surface area contributed by atoms with Crippen molar-refractivity contribution < 1.29 is 13.6 Å². The molecule has 40 heavy (non-hydrogen) atoms. The molecule has 0 radical (unpaired) electrons. The highest BCUT2D eigenvalue weighted by Gasteiger charge is 2.44. The van der Waals surface area contributed by atoms with Gasteiger partial charge in [0.15, 0.2) is 10.9 Å². The third-order valence-corrected chi connectivity index (χ3v) is 8.68. The zero-order valence-electron chi connectivity index (χ0n) is 20.6. The van der Waals surface area contributed by atoms with Gasteiger partial charge in [0.1, 0.15) is 29.5 Å². The van der Waals surface area contributed by atoms with Crippen LogP contribution in [0, 0.1) is 23.0 Å². The summed E-state index contributed by atoms with van der Waals surface area (Å²) in [6, 6.07) is 5.75. The van der Waals surface area contributed by atoms with E-state index in [2.05, 4.69) is 20.1 Å².